The van der Waals surface area contributed by atoms with Gasteiger partial charge in [0.15, 0.2) is 0 Å². The van der Waals surface area contributed by atoms with Crippen molar-refractivity contribution in [3.8, 4) is 0 Å². The highest BCUT2D eigenvalue weighted by molar-refractivity contribution is 7.89. The molecule has 1 fully saturated rings. The van der Waals surface area contributed by atoms with Crippen LogP contribution in [-0.4, -0.2) is 42.2 Å². The second kappa shape index (κ2) is 11.0. The normalized spacial score (nSPS) is 14.2. The van der Waals surface area contributed by atoms with E-state index >= 15 is 0 Å². The van der Waals surface area contributed by atoms with Gasteiger partial charge in [0.25, 0.3) is 5.56 Å². The number of nitrogens with one attached hydrogen (secondary N) is 2. The van der Waals surface area contributed by atoms with Gasteiger partial charge in [0.2, 0.25) is 10.0 Å². The summed E-state index contributed by atoms with van der Waals surface area (Å²) < 4.78 is 45.8. The molecule has 2 N–H and O–H groups in total. The van der Waals surface area contributed by atoms with Crippen molar-refractivity contribution in [2.24, 2.45) is 7.05 Å². The predicted octanol–water partition coefficient (Wildman–Crippen LogP) is 3.30. The Kier molecular flexibility index (Phi) is 7.48. The molecule has 0 radical (unpaired) electrons. The first-order valence-electron chi connectivity index (χ1n) is 12.7. The zero-order chi connectivity index (χ0) is 26.7. The zero-order valence-electron chi connectivity index (χ0n) is 21.2. The number of halogens is 1. The average molecular weight is 539 g/mol. The highest BCUT2D eigenvalue weighted by Gasteiger charge is 2.17. The fourth-order valence-electron chi connectivity index (χ4n) is 4.71. The Morgan fingerprint density at radius 2 is 1.79 bits per heavy atom. The van der Waals surface area contributed by atoms with Gasteiger partial charge in [0.05, 0.1) is 16.8 Å². The summed E-state index contributed by atoms with van der Waals surface area (Å²) in [6.07, 6.45) is 9.06. The molecular weight excluding hydrogens is 507 g/mol. The van der Waals surface area contributed by atoms with Gasteiger partial charge in [-0.15, -0.1) is 0 Å². The molecule has 0 aliphatic carbocycles. The monoisotopic (exact) mass is 538 g/mol. The first kappa shape index (κ1) is 25.9. The van der Waals surface area contributed by atoms with Gasteiger partial charge in [-0.2, -0.15) is 5.10 Å². The number of benzene rings is 2. The Hall–Kier alpha value is -3.70. The molecule has 9 nitrogen and oxygen atoms in total. The highest BCUT2D eigenvalue weighted by atomic mass is 32.2. The fourth-order valence-corrected chi connectivity index (χ4v) is 5.75. The maximum Gasteiger partial charge on any atom is 0.276 e. The third-order valence-electron chi connectivity index (χ3n) is 6.91. The second-order valence-corrected chi connectivity index (χ2v) is 11.3. The summed E-state index contributed by atoms with van der Waals surface area (Å²) >= 11 is 0. The first-order chi connectivity index (χ1) is 18.3. The van der Waals surface area contributed by atoms with Gasteiger partial charge >= 0.3 is 0 Å². The van der Waals surface area contributed by atoms with Crippen LogP contribution in [0.25, 0.3) is 5.52 Å². The van der Waals surface area contributed by atoms with E-state index in [2.05, 4.69) is 32.2 Å². The lowest BCUT2D eigenvalue weighted by atomic mass is 10.1. The van der Waals surface area contributed by atoms with Crippen LogP contribution in [0.3, 0.4) is 0 Å². The van der Waals surface area contributed by atoms with Crippen molar-refractivity contribution in [2.75, 3.05) is 29.9 Å². The van der Waals surface area contributed by atoms with Gasteiger partial charge in [-0.25, -0.2) is 22.0 Å². The molecule has 2 aromatic heterocycles. The molecule has 38 heavy (non-hydrogen) atoms. The third-order valence-corrected chi connectivity index (χ3v) is 8.37. The van der Waals surface area contributed by atoms with E-state index in [4.69, 9.17) is 0 Å². The van der Waals surface area contributed by atoms with Gasteiger partial charge < -0.3 is 14.8 Å². The van der Waals surface area contributed by atoms with E-state index in [1.165, 1.54) is 46.2 Å². The van der Waals surface area contributed by atoms with Crippen LogP contribution in [0, 0.1) is 5.82 Å². The van der Waals surface area contributed by atoms with Crippen LogP contribution < -0.4 is 20.5 Å². The van der Waals surface area contributed by atoms with Crippen molar-refractivity contribution in [1.29, 1.82) is 0 Å². The molecule has 2 aromatic carbocycles. The summed E-state index contributed by atoms with van der Waals surface area (Å²) in [4.78, 5) is 14.7. The van der Waals surface area contributed by atoms with E-state index in [9.17, 15) is 17.6 Å². The van der Waals surface area contributed by atoms with Crippen LogP contribution in [0.1, 0.15) is 30.4 Å². The Morgan fingerprint density at radius 1 is 1.03 bits per heavy atom. The van der Waals surface area contributed by atoms with Crippen molar-refractivity contribution >= 4 is 26.9 Å². The van der Waals surface area contributed by atoms with Crippen LogP contribution in [0.15, 0.2) is 70.7 Å². The lowest BCUT2D eigenvalue weighted by molar-refractivity contribution is 0.577. The molecule has 1 saturated heterocycles. The molecule has 0 unspecified atom stereocenters. The molecule has 0 amide bonds. The smallest absolute Gasteiger partial charge is 0.276 e. The summed E-state index contributed by atoms with van der Waals surface area (Å²) in [6.45, 7) is 2.51. The van der Waals surface area contributed by atoms with E-state index in [0.717, 1.165) is 24.7 Å². The number of fused-ring (bicyclic) bond motifs is 1. The van der Waals surface area contributed by atoms with Crippen LogP contribution in [0.5, 0.6) is 0 Å². The summed E-state index contributed by atoms with van der Waals surface area (Å²) in [6, 6.07) is 12.0. The Morgan fingerprint density at radius 3 is 2.53 bits per heavy atom. The number of aromatic nitrogens is 3. The van der Waals surface area contributed by atoms with Crippen molar-refractivity contribution in [3.63, 3.8) is 0 Å². The molecule has 200 valence electrons. The maximum atomic E-state index is 14.8. The SMILES string of the molecule is Cn1ccn2ncc(CNc3ccc(S(=O)(=O)NCCc4ccc(N5CCCCC5)cc4)cc3F)c2c1=O. The minimum Gasteiger partial charge on any atom is -0.378 e. The van der Waals surface area contributed by atoms with Crippen LogP contribution >= 0.6 is 0 Å². The number of rotatable bonds is 9. The summed E-state index contributed by atoms with van der Waals surface area (Å²) in [5, 5.41) is 7.09. The van der Waals surface area contributed by atoms with Crippen molar-refractivity contribution in [1.82, 2.24) is 18.9 Å². The van der Waals surface area contributed by atoms with E-state index in [-0.39, 0.29) is 29.2 Å². The molecule has 0 spiro atoms. The molecule has 4 aromatic rings. The van der Waals surface area contributed by atoms with Gasteiger partial charge in [-0.1, -0.05) is 12.1 Å². The molecule has 1 aliphatic rings. The second-order valence-electron chi connectivity index (χ2n) is 9.53. The molecule has 0 bridgehead atoms. The number of anilines is 2. The lowest BCUT2D eigenvalue weighted by Gasteiger charge is -2.28. The van der Waals surface area contributed by atoms with Gasteiger partial charge in [0, 0.05) is 56.9 Å². The van der Waals surface area contributed by atoms with Crippen LogP contribution in [0.2, 0.25) is 0 Å². The zero-order valence-corrected chi connectivity index (χ0v) is 22.0. The molecular formula is C27H31FN6O3S. The lowest BCUT2D eigenvalue weighted by Crippen LogP contribution is -2.29. The number of hydrogen-bond donors (Lipinski definition) is 2. The van der Waals surface area contributed by atoms with Crippen molar-refractivity contribution in [2.45, 2.75) is 37.1 Å². The van der Waals surface area contributed by atoms with E-state index in [0.29, 0.717) is 17.5 Å². The largest absolute Gasteiger partial charge is 0.378 e. The molecule has 0 atom stereocenters. The summed E-state index contributed by atoms with van der Waals surface area (Å²) in [5.74, 6) is -0.703. The summed E-state index contributed by atoms with van der Waals surface area (Å²) in [7, 11) is -2.23. The fraction of sp³-hybridized carbons (Fsp3) is 0.333. The van der Waals surface area contributed by atoms with Crippen molar-refractivity contribution in [3.05, 3.63) is 88.4 Å². The number of aryl methyl sites for hydroxylation is 1. The van der Waals surface area contributed by atoms with E-state index in [1.807, 2.05) is 12.1 Å². The molecule has 0 saturated carbocycles. The third kappa shape index (κ3) is 5.58. The van der Waals surface area contributed by atoms with Gasteiger partial charge in [0.1, 0.15) is 11.3 Å². The van der Waals surface area contributed by atoms with Gasteiger partial charge in [-0.3, -0.25) is 4.79 Å². The summed E-state index contributed by atoms with van der Waals surface area (Å²) in [5.41, 5.74) is 3.14. The minimum atomic E-state index is -3.88. The minimum absolute atomic E-state index is 0.129. The Balaban J connectivity index is 1.18. The number of piperidine rings is 1. The average Bonchev–Trinajstić information content (AvgIpc) is 3.34. The number of nitrogens with zero attached hydrogens (tertiary/aromatic N) is 4. The van der Waals surface area contributed by atoms with E-state index < -0.39 is 15.8 Å². The number of hydrogen-bond acceptors (Lipinski definition) is 6. The Labute approximate surface area is 221 Å². The number of sulfonamides is 1. The maximum absolute atomic E-state index is 14.8. The first-order valence-corrected chi connectivity index (χ1v) is 14.2. The molecule has 5 rings (SSSR count). The van der Waals surface area contributed by atoms with Crippen molar-refractivity contribution < 1.29 is 12.8 Å². The molecule has 3 heterocycles. The standard InChI is InChI=1S/C27H31FN6O3S/c1-32-15-16-34-26(27(32)35)21(19-30-34)18-29-25-10-9-23(17-24(25)28)38(36,37)31-12-11-20-5-7-22(8-6-20)33-13-3-2-4-14-33/h5-10,15-17,19,29,31H,2-4,11-14,18H2,1H3. The molecule has 11 heteroatoms. The van der Waals surface area contributed by atoms with E-state index in [1.54, 1.807) is 25.6 Å². The van der Waals surface area contributed by atoms with Gasteiger partial charge in [-0.05, 0) is 61.6 Å². The predicted molar refractivity (Wildman–Crippen MR) is 146 cm³/mol. The van der Waals surface area contributed by atoms with Crippen LogP contribution in [-0.2, 0) is 30.0 Å². The quantitative estimate of drug-likeness (QED) is 0.339. The molecule has 1 aliphatic heterocycles. The topological polar surface area (TPSA) is 101 Å². The van der Waals surface area contributed by atoms with Crippen LogP contribution in [0.4, 0.5) is 15.8 Å². The Bertz CT molecular complexity index is 1590. The highest BCUT2D eigenvalue weighted by Crippen LogP contribution is 2.22.